The molecule has 0 radical (unpaired) electrons. The van der Waals surface area contributed by atoms with Crippen LogP contribution in [0.25, 0.3) is 0 Å². The van der Waals surface area contributed by atoms with Crippen LogP contribution in [0.4, 0.5) is 26.3 Å². The number of ether oxygens (including phenoxy) is 1. The first-order valence-electron chi connectivity index (χ1n) is 9.21. The van der Waals surface area contributed by atoms with Gasteiger partial charge in [0, 0.05) is 5.92 Å². The lowest BCUT2D eigenvalue weighted by Gasteiger charge is -2.38. The molecule has 30 heavy (non-hydrogen) atoms. The van der Waals surface area contributed by atoms with Crippen molar-refractivity contribution in [2.45, 2.75) is 44.9 Å². The molecule has 0 spiro atoms. The van der Waals surface area contributed by atoms with Crippen LogP contribution in [0, 0.1) is 11.8 Å². The third-order valence-corrected chi connectivity index (χ3v) is 5.25. The fourth-order valence-corrected chi connectivity index (χ4v) is 3.79. The van der Waals surface area contributed by atoms with Gasteiger partial charge in [0.25, 0.3) is 0 Å². The van der Waals surface area contributed by atoms with E-state index < -0.39 is 54.6 Å². The van der Waals surface area contributed by atoms with Crippen molar-refractivity contribution in [1.29, 1.82) is 0 Å². The lowest BCUT2D eigenvalue weighted by atomic mass is 9.83. The van der Waals surface area contributed by atoms with Crippen molar-refractivity contribution >= 4 is 11.9 Å². The molecule has 2 aliphatic rings. The first-order chi connectivity index (χ1) is 13.9. The summed E-state index contributed by atoms with van der Waals surface area (Å²) < 4.78 is 82.3. The number of alkyl halides is 6. The second-order valence-corrected chi connectivity index (χ2v) is 7.15. The zero-order valence-electron chi connectivity index (χ0n) is 15.8. The van der Waals surface area contributed by atoms with Crippen molar-refractivity contribution in [1.82, 2.24) is 25.0 Å². The number of hydrogen-bond acceptors (Lipinski definition) is 6. The molecule has 1 aromatic heterocycles. The topological polar surface area (TPSA) is 89.3 Å². The molecule has 1 N–H and O–H groups in total. The van der Waals surface area contributed by atoms with E-state index >= 15 is 0 Å². The molecule has 3 atom stereocenters. The van der Waals surface area contributed by atoms with E-state index in [-0.39, 0.29) is 12.5 Å². The maximum atomic E-state index is 13.2. The molecular formula is C16H19F6N5O3. The van der Waals surface area contributed by atoms with Crippen LogP contribution in [0.5, 0.6) is 0 Å². The lowest BCUT2D eigenvalue weighted by Crippen LogP contribution is -2.50. The Morgan fingerprint density at radius 2 is 1.90 bits per heavy atom. The van der Waals surface area contributed by atoms with E-state index in [1.165, 1.54) is 0 Å². The number of hydrogen-bond donors (Lipinski definition) is 1. The van der Waals surface area contributed by atoms with Crippen molar-refractivity contribution in [2.75, 3.05) is 19.6 Å². The van der Waals surface area contributed by atoms with Crippen LogP contribution in [-0.4, -0.2) is 57.4 Å². The molecule has 0 aliphatic carbocycles. The number of fused-ring (bicyclic) bond motifs is 1. The molecule has 0 aromatic carbocycles. The lowest BCUT2D eigenvalue weighted by molar-refractivity contribution is -0.213. The van der Waals surface area contributed by atoms with E-state index in [0.717, 1.165) is 4.90 Å². The van der Waals surface area contributed by atoms with Crippen molar-refractivity contribution in [3.05, 3.63) is 11.6 Å². The normalized spacial score (nSPS) is 25.0. The van der Waals surface area contributed by atoms with E-state index in [1.54, 1.807) is 0 Å². The number of nitrogens with zero attached hydrogens (tertiary/aromatic N) is 4. The zero-order chi connectivity index (χ0) is 22.3. The minimum absolute atomic E-state index is 0.0343. The third kappa shape index (κ3) is 4.37. The summed E-state index contributed by atoms with van der Waals surface area (Å²) in [6.45, 7) is 1.95. The van der Waals surface area contributed by atoms with Crippen LogP contribution in [-0.2, 0) is 27.0 Å². The molecule has 1 fully saturated rings. The molecule has 1 saturated heterocycles. The predicted octanol–water partition coefficient (Wildman–Crippen LogP) is 1.88. The first kappa shape index (κ1) is 22.3. The number of amides is 1. The summed E-state index contributed by atoms with van der Waals surface area (Å²) in [6.07, 6.45) is -11.4. The highest BCUT2D eigenvalue weighted by Gasteiger charge is 2.48. The number of aromatic nitrogens is 3. The van der Waals surface area contributed by atoms with Gasteiger partial charge in [-0.15, -0.1) is 10.2 Å². The summed E-state index contributed by atoms with van der Waals surface area (Å²) in [5.74, 6) is -5.59. The van der Waals surface area contributed by atoms with Gasteiger partial charge in [-0.25, -0.2) is 4.79 Å². The van der Waals surface area contributed by atoms with Gasteiger partial charge in [-0.1, -0.05) is 13.3 Å². The molecule has 3 rings (SSSR count). The maximum absolute atomic E-state index is 13.2. The minimum Gasteiger partial charge on any atom is -0.432 e. The Morgan fingerprint density at radius 1 is 1.20 bits per heavy atom. The van der Waals surface area contributed by atoms with Crippen LogP contribution in [0.3, 0.4) is 0 Å². The average Bonchev–Trinajstić information content (AvgIpc) is 3.11. The Hall–Kier alpha value is -2.38. The summed E-state index contributed by atoms with van der Waals surface area (Å²) in [7, 11) is 0. The number of carbonyl (C=O) groups is 2. The molecule has 14 heteroatoms. The van der Waals surface area contributed by atoms with Crippen LogP contribution >= 0.6 is 0 Å². The molecule has 2 aliphatic heterocycles. The molecule has 8 nitrogen and oxygen atoms in total. The van der Waals surface area contributed by atoms with Gasteiger partial charge in [0.1, 0.15) is 0 Å². The highest BCUT2D eigenvalue weighted by atomic mass is 19.4. The first-order valence-corrected chi connectivity index (χ1v) is 9.21. The smallest absolute Gasteiger partial charge is 0.432 e. The predicted molar refractivity (Wildman–Crippen MR) is 86.4 cm³/mol. The van der Waals surface area contributed by atoms with Gasteiger partial charge in [0.05, 0.1) is 13.1 Å². The summed E-state index contributed by atoms with van der Waals surface area (Å²) in [5.41, 5.74) is 0. The van der Waals surface area contributed by atoms with Gasteiger partial charge < -0.3 is 15.0 Å². The molecule has 1 aromatic rings. The standard InChI is InChI=1S/C16H19F6N5O3/c1-2-8-5-23-4-3-9(8)12(28)26-6-10-24-25-13(15(17,18)19)27(10)11(7-26)30-14(29)16(20,21)22/h8-9,11,23H,2-7H2,1H3/t8-,9+,11?/m0/s1. The molecule has 0 bridgehead atoms. The Kier molecular flexibility index (Phi) is 5.98. The Bertz CT molecular complexity index is 808. The highest BCUT2D eigenvalue weighted by Crippen LogP contribution is 2.35. The van der Waals surface area contributed by atoms with Crippen molar-refractivity contribution in [2.24, 2.45) is 11.8 Å². The van der Waals surface area contributed by atoms with Crippen molar-refractivity contribution < 1.29 is 40.7 Å². The van der Waals surface area contributed by atoms with E-state index in [2.05, 4.69) is 20.3 Å². The number of carbonyl (C=O) groups excluding carboxylic acids is 2. The summed E-state index contributed by atoms with van der Waals surface area (Å²) in [4.78, 5) is 25.4. The SMILES string of the molecule is CC[C@H]1CNCC[C@H]1C(=O)N1Cc2nnc(C(F)(F)F)n2C(OC(=O)C(F)(F)F)C1. The zero-order valence-corrected chi connectivity index (χ0v) is 15.8. The second-order valence-electron chi connectivity index (χ2n) is 7.15. The largest absolute Gasteiger partial charge is 0.491 e. The number of esters is 1. The quantitative estimate of drug-likeness (QED) is 0.567. The number of halogens is 6. The van der Waals surface area contributed by atoms with E-state index in [9.17, 15) is 35.9 Å². The summed E-state index contributed by atoms with van der Waals surface area (Å²) in [6, 6.07) is 0. The molecule has 1 unspecified atom stereocenters. The Labute approximate surface area is 166 Å². The van der Waals surface area contributed by atoms with Gasteiger partial charge in [-0.3, -0.25) is 9.36 Å². The summed E-state index contributed by atoms with van der Waals surface area (Å²) in [5, 5.41) is 9.51. The molecular weight excluding hydrogens is 424 g/mol. The van der Waals surface area contributed by atoms with Gasteiger partial charge >= 0.3 is 18.3 Å². The monoisotopic (exact) mass is 443 g/mol. The van der Waals surface area contributed by atoms with Gasteiger partial charge in [0.15, 0.2) is 12.1 Å². The van der Waals surface area contributed by atoms with Crippen LogP contribution in [0.15, 0.2) is 0 Å². The maximum Gasteiger partial charge on any atom is 0.491 e. The van der Waals surface area contributed by atoms with Crippen LogP contribution < -0.4 is 5.32 Å². The van der Waals surface area contributed by atoms with E-state index in [0.29, 0.717) is 30.5 Å². The van der Waals surface area contributed by atoms with Gasteiger partial charge in [-0.05, 0) is 25.4 Å². The fraction of sp³-hybridized carbons (Fsp3) is 0.750. The van der Waals surface area contributed by atoms with Crippen molar-refractivity contribution in [3.63, 3.8) is 0 Å². The van der Waals surface area contributed by atoms with E-state index in [1.807, 2.05) is 6.92 Å². The Morgan fingerprint density at radius 3 is 2.50 bits per heavy atom. The summed E-state index contributed by atoms with van der Waals surface area (Å²) >= 11 is 0. The number of piperidine rings is 1. The Balaban J connectivity index is 1.92. The average molecular weight is 443 g/mol. The molecule has 1 amide bonds. The highest BCUT2D eigenvalue weighted by molar-refractivity contribution is 5.79. The minimum atomic E-state index is -5.42. The van der Waals surface area contributed by atoms with Gasteiger partial charge in [0.2, 0.25) is 11.7 Å². The van der Waals surface area contributed by atoms with Crippen LogP contribution in [0.1, 0.15) is 37.6 Å². The van der Waals surface area contributed by atoms with E-state index in [4.69, 9.17) is 0 Å². The molecule has 0 saturated carbocycles. The van der Waals surface area contributed by atoms with Crippen LogP contribution in [0.2, 0.25) is 0 Å². The molecule has 168 valence electrons. The number of rotatable bonds is 3. The van der Waals surface area contributed by atoms with Gasteiger partial charge in [-0.2, -0.15) is 26.3 Å². The second kappa shape index (κ2) is 8.04. The fourth-order valence-electron chi connectivity index (χ4n) is 3.79. The molecule has 3 heterocycles. The van der Waals surface area contributed by atoms with Crippen molar-refractivity contribution in [3.8, 4) is 0 Å². The number of nitrogens with one attached hydrogen (secondary N) is 1. The third-order valence-electron chi connectivity index (χ3n) is 5.25.